The van der Waals surface area contributed by atoms with Gasteiger partial charge in [-0.2, -0.15) is 0 Å². The van der Waals surface area contributed by atoms with Crippen molar-refractivity contribution in [2.24, 2.45) is 5.92 Å². The second-order valence-electron chi connectivity index (χ2n) is 6.30. The summed E-state index contributed by atoms with van der Waals surface area (Å²) in [7, 11) is 1.34. The molecule has 0 radical (unpaired) electrons. The van der Waals surface area contributed by atoms with Gasteiger partial charge in [0, 0.05) is 12.5 Å². The number of methoxy groups -OCH3 is 1. The van der Waals surface area contributed by atoms with E-state index in [-0.39, 0.29) is 18.3 Å². The summed E-state index contributed by atoms with van der Waals surface area (Å²) < 4.78 is 10.2. The minimum Gasteiger partial charge on any atom is -0.467 e. The molecule has 1 rings (SSSR count). The maximum atomic E-state index is 12.2. The van der Waals surface area contributed by atoms with E-state index in [2.05, 4.69) is 10.6 Å². The van der Waals surface area contributed by atoms with Crippen molar-refractivity contribution in [1.29, 1.82) is 0 Å². The van der Waals surface area contributed by atoms with Gasteiger partial charge in [-0.3, -0.25) is 0 Å². The Balaban J connectivity index is 0.00000400. The van der Waals surface area contributed by atoms with E-state index in [0.717, 1.165) is 13.0 Å². The van der Waals surface area contributed by atoms with Crippen molar-refractivity contribution in [3.8, 4) is 0 Å². The number of carbonyl (C=O) groups is 2. The minimum absolute atomic E-state index is 0. The second kappa shape index (κ2) is 7.84. The van der Waals surface area contributed by atoms with Crippen LogP contribution >= 0.6 is 12.4 Å². The number of alkyl carbamates (subject to hydrolysis) is 1. The zero-order valence-electron chi connectivity index (χ0n) is 13.4. The monoisotopic (exact) mass is 322 g/mol. The predicted molar refractivity (Wildman–Crippen MR) is 82.6 cm³/mol. The molecule has 1 fully saturated rings. The van der Waals surface area contributed by atoms with Gasteiger partial charge in [-0.1, -0.05) is 6.92 Å². The molecule has 0 spiro atoms. The van der Waals surface area contributed by atoms with Crippen molar-refractivity contribution in [3.63, 3.8) is 0 Å². The highest BCUT2D eigenvalue weighted by molar-refractivity contribution is 5.86. The first-order valence-corrected chi connectivity index (χ1v) is 7.01. The van der Waals surface area contributed by atoms with Gasteiger partial charge in [0.25, 0.3) is 0 Å². The van der Waals surface area contributed by atoms with Crippen molar-refractivity contribution in [1.82, 2.24) is 10.6 Å². The molecule has 7 heteroatoms. The fourth-order valence-corrected chi connectivity index (χ4v) is 2.44. The lowest BCUT2D eigenvalue weighted by Gasteiger charge is -2.36. The van der Waals surface area contributed by atoms with Gasteiger partial charge in [0.05, 0.1) is 7.11 Å². The average Bonchev–Trinajstić information content (AvgIpc) is 2.49. The Bertz CT molecular complexity index is 370. The number of rotatable bonds is 2. The van der Waals surface area contributed by atoms with E-state index in [4.69, 9.17) is 9.47 Å². The van der Waals surface area contributed by atoms with Gasteiger partial charge in [0.15, 0.2) is 0 Å². The Labute approximate surface area is 132 Å². The number of nitrogens with one attached hydrogen (secondary N) is 2. The molecule has 0 unspecified atom stereocenters. The summed E-state index contributed by atoms with van der Waals surface area (Å²) in [5.41, 5.74) is -1.63. The van der Waals surface area contributed by atoms with E-state index in [1.807, 2.05) is 6.92 Å². The third kappa shape index (κ3) is 5.36. The Kier molecular flexibility index (Phi) is 7.47. The Hall–Kier alpha value is -1.01. The molecular weight excluding hydrogens is 296 g/mol. The molecule has 0 aromatic carbocycles. The topological polar surface area (TPSA) is 76.7 Å². The Morgan fingerprint density at radius 2 is 1.95 bits per heavy atom. The maximum Gasteiger partial charge on any atom is 0.408 e. The number of amides is 1. The molecule has 21 heavy (non-hydrogen) atoms. The van der Waals surface area contributed by atoms with Gasteiger partial charge in [0.2, 0.25) is 0 Å². The van der Waals surface area contributed by atoms with E-state index in [9.17, 15) is 9.59 Å². The van der Waals surface area contributed by atoms with Gasteiger partial charge < -0.3 is 20.1 Å². The lowest BCUT2D eigenvalue weighted by Crippen LogP contribution is -2.60. The summed E-state index contributed by atoms with van der Waals surface area (Å²) in [6.45, 7) is 8.75. The van der Waals surface area contributed by atoms with Crippen LogP contribution in [0, 0.1) is 5.92 Å². The largest absolute Gasteiger partial charge is 0.467 e. The molecule has 1 aliphatic rings. The highest BCUT2D eigenvalue weighted by atomic mass is 35.5. The fourth-order valence-electron chi connectivity index (χ4n) is 2.44. The molecule has 2 N–H and O–H groups in total. The second-order valence-corrected chi connectivity index (χ2v) is 6.30. The van der Waals surface area contributed by atoms with Crippen LogP contribution in [0.15, 0.2) is 0 Å². The van der Waals surface area contributed by atoms with Gasteiger partial charge >= 0.3 is 12.1 Å². The van der Waals surface area contributed by atoms with Crippen molar-refractivity contribution in [3.05, 3.63) is 0 Å². The van der Waals surface area contributed by atoms with Crippen LogP contribution in [-0.4, -0.2) is 43.4 Å². The smallest absolute Gasteiger partial charge is 0.408 e. The van der Waals surface area contributed by atoms with Crippen LogP contribution in [0.1, 0.15) is 40.5 Å². The van der Waals surface area contributed by atoms with E-state index in [1.165, 1.54) is 7.11 Å². The van der Waals surface area contributed by atoms with Crippen LogP contribution in [0.4, 0.5) is 4.79 Å². The van der Waals surface area contributed by atoms with Crippen LogP contribution in [-0.2, 0) is 14.3 Å². The SMILES string of the molecule is COC(=O)[C@]1(NC(=O)OC(C)(C)C)CCCNC[C@H]1C.Cl. The molecular formula is C14H27ClN2O4. The van der Waals surface area contributed by atoms with E-state index in [0.29, 0.717) is 13.0 Å². The first-order valence-electron chi connectivity index (χ1n) is 7.01. The van der Waals surface area contributed by atoms with Crippen molar-refractivity contribution in [2.45, 2.75) is 51.7 Å². The molecule has 1 aliphatic heterocycles. The lowest BCUT2D eigenvalue weighted by atomic mass is 9.82. The minimum atomic E-state index is -1.03. The number of hydrogen-bond acceptors (Lipinski definition) is 5. The normalized spacial score (nSPS) is 26.0. The molecule has 124 valence electrons. The average molecular weight is 323 g/mol. The van der Waals surface area contributed by atoms with Crippen LogP contribution in [0.5, 0.6) is 0 Å². The Morgan fingerprint density at radius 1 is 1.33 bits per heavy atom. The van der Waals surface area contributed by atoms with Crippen LogP contribution in [0.3, 0.4) is 0 Å². The van der Waals surface area contributed by atoms with E-state index < -0.39 is 23.2 Å². The first-order chi connectivity index (χ1) is 9.21. The maximum absolute atomic E-state index is 12.2. The van der Waals surface area contributed by atoms with Crippen molar-refractivity contribution >= 4 is 24.5 Å². The molecule has 1 saturated heterocycles. The summed E-state index contributed by atoms with van der Waals surface area (Å²) in [4.78, 5) is 24.3. The molecule has 0 aromatic rings. The zero-order valence-corrected chi connectivity index (χ0v) is 14.3. The van der Waals surface area contributed by atoms with Crippen LogP contribution in [0.25, 0.3) is 0 Å². The van der Waals surface area contributed by atoms with Gasteiger partial charge in [-0.05, 0) is 40.2 Å². The molecule has 0 saturated carbocycles. The summed E-state index contributed by atoms with van der Waals surface area (Å²) in [6.07, 6.45) is 0.735. The molecule has 2 atom stereocenters. The van der Waals surface area contributed by atoms with Crippen LogP contribution < -0.4 is 10.6 Å². The van der Waals surface area contributed by atoms with E-state index in [1.54, 1.807) is 20.8 Å². The molecule has 1 amide bonds. The zero-order chi connectivity index (χ0) is 15.4. The lowest BCUT2D eigenvalue weighted by molar-refractivity contribution is -0.151. The Morgan fingerprint density at radius 3 is 2.48 bits per heavy atom. The van der Waals surface area contributed by atoms with Gasteiger partial charge in [-0.25, -0.2) is 9.59 Å². The van der Waals surface area contributed by atoms with E-state index >= 15 is 0 Å². The highest BCUT2D eigenvalue weighted by Gasteiger charge is 2.47. The van der Waals surface area contributed by atoms with Crippen molar-refractivity contribution < 1.29 is 19.1 Å². The predicted octanol–water partition coefficient (Wildman–Crippen LogP) is 1.86. The summed E-state index contributed by atoms with van der Waals surface area (Å²) in [5.74, 6) is -0.496. The number of carbonyl (C=O) groups excluding carboxylic acids is 2. The molecule has 6 nitrogen and oxygen atoms in total. The number of hydrogen-bond donors (Lipinski definition) is 2. The van der Waals surface area contributed by atoms with Crippen molar-refractivity contribution in [2.75, 3.05) is 20.2 Å². The van der Waals surface area contributed by atoms with Gasteiger partial charge in [-0.15, -0.1) is 12.4 Å². The third-order valence-electron chi connectivity index (χ3n) is 3.49. The number of esters is 1. The molecule has 0 aromatic heterocycles. The summed E-state index contributed by atoms with van der Waals surface area (Å²) in [5, 5.41) is 6.01. The number of halogens is 1. The highest BCUT2D eigenvalue weighted by Crippen LogP contribution is 2.27. The first kappa shape index (κ1) is 20.0. The summed E-state index contributed by atoms with van der Waals surface area (Å²) >= 11 is 0. The summed E-state index contributed by atoms with van der Waals surface area (Å²) in [6, 6.07) is 0. The standard InChI is InChI=1S/C14H26N2O4.ClH/c1-10-9-15-8-6-7-14(10,11(17)19-5)16-12(18)20-13(2,3)4;/h10,15H,6-9H2,1-5H3,(H,16,18);1H/t10-,14+;/m1./s1. The number of ether oxygens (including phenoxy) is 2. The third-order valence-corrected chi connectivity index (χ3v) is 3.49. The fraction of sp³-hybridized carbons (Fsp3) is 0.857. The molecule has 0 aliphatic carbocycles. The molecule has 0 bridgehead atoms. The molecule has 1 heterocycles. The van der Waals surface area contributed by atoms with Gasteiger partial charge in [0.1, 0.15) is 11.1 Å². The quantitative estimate of drug-likeness (QED) is 0.759. The van der Waals surface area contributed by atoms with Crippen LogP contribution in [0.2, 0.25) is 0 Å².